The predicted molar refractivity (Wildman–Crippen MR) is 83.7 cm³/mol. The van der Waals surface area contributed by atoms with Gasteiger partial charge in [-0.1, -0.05) is 35.9 Å². The maximum atomic E-state index is 11.7. The average Bonchev–Trinajstić information content (AvgIpc) is 2.47. The van der Waals surface area contributed by atoms with Gasteiger partial charge in [-0.25, -0.2) is 0 Å². The first-order valence-corrected chi connectivity index (χ1v) is 7.23. The van der Waals surface area contributed by atoms with Crippen LogP contribution in [0.1, 0.15) is 31.2 Å². The summed E-state index contributed by atoms with van der Waals surface area (Å²) in [6.07, 6.45) is 3.30. The first kappa shape index (κ1) is 13.6. The molecule has 0 bridgehead atoms. The molecule has 0 aromatic heterocycles. The quantitative estimate of drug-likeness (QED) is 0.800. The highest BCUT2D eigenvalue weighted by Gasteiger charge is 2.20. The highest BCUT2D eigenvalue weighted by Crippen LogP contribution is 2.33. The van der Waals surface area contributed by atoms with Crippen molar-refractivity contribution < 1.29 is 9.53 Å². The van der Waals surface area contributed by atoms with Crippen LogP contribution in [-0.2, 0) is 4.79 Å². The molecule has 1 atom stereocenters. The summed E-state index contributed by atoms with van der Waals surface area (Å²) in [5.74, 6) is 2.13. The van der Waals surface area contributed by atoms with E-state index in [4.69, 9.17) is 4.74 Å². The number of rotatable bonds is 3. The number of hydrogen-bond donors (Lipinski definition) is 0. The molecule has 1 unspecified atom stereocenters. The highest BCUT2D eigenvalue weighted by atomic mass is 16.5. The molecule has 0 amide bonds. The number of para-hydroxylation sites is 1. The molecule has 0 radical (unpaired) electrons. The van der Waals surface area contributed by atoms with Crippen molar-refractivity contribution in [3.8, 4) is 11.5 Å². The van der Waals surface area contributed by atoms with E-state index >= 15 is 0 Å². The molecule has 21 heavy (non-hydrogen) atoms. The van der Waals surface area contributed by atoms with Crippen molar-refractivity contribution in [1.82, 2.24) is 0 Å². The molecule has 2 heteroatoms. The summed E-state index contributed by atoms with van der Waals surface area (Å²) < 4.78 is 5.86. The highest BCUT2D eigenvalue weighted by molar-refractivity contribution is 5.91. The van der Waals surface area contributed by atoms with Gasteiger partial charge < -0.3 is 4.74 Å². The molecule has 0 spiro atoms. The number of ether oxygens (including phenoxy) is 1. The van der Waals surface area contributed by atoms with E-state index in [1.54, 1.807) is 6.08 Å². The molecule has 2 aromatic rings. The van der Waals surface area contributed by atoms with Gasteiger partial charge in [-0.3, -0.25) is 4.79 Å². The lowest BCUT2D eigenvalue weighted by Crippen LogP contribution is -2.11. The molecule has 0 saturated heterocycles. The van der Waals surface area contributed by atoms with Crippen LogP contribution in [0.15, 0.2) is 66.2 Å². The predicted octanol–water partition coefficient (Wildman–Crippen LogP) is 4.87. The fraction of sp³-hybridized carbons (Fsp3) is 0.211. The van der Waals surface area contributed by atoms with Crippen molar-refractivity contribution in [3.63, 3.8) is 0 Å². The van der Waals surface area contributed by atoms with Crippen molar-refractivity contribution in [1.29, 1.82) is 0 Å². The number of ketones is 1. The zero-order chi connectivity index (χ0) is 14.7. The number of carbonyl (C=O) groups is 1. The normalized spacial score (nSPS) is 18.2. The number of benzene rings is 2. The van der Waals surface area contributed by atoms with Gasteiger partial charge >= 0.3 is 0 Å². The van der Waals surface area contributed by atoms with Gasteiger partial charge in [0.15, 0.2) is 5.78 Å². The first-order chi connectivity index (χ1) is 10.2. The van der Waals surface area contributed by atoms with Crippen LogP contribution in [0.25, 0.3) is 0 Å². The fourth-order valence-electron chi connectivity index (χ4n) is 2.79. The second-order valence-corrected chi connectivity index (χ2v) is 5.55. The number of allylic oxidation sites excluding steroid dienone is 2. The molecular formula is C19H18O2. The van der Waals surface area contributed by atoms with Gasteiger partial charge in [0.25, 0.3) is 0 Å². The molecule has 106 valence electrons. The minimum absolute atomic E-state index is 0.220. The molecule has 3 rings (SSSR count). The van der Waals surface area contributed by atoms with Crippen LogP contribution in [0.2, 0.25) is 0 Å². The van der Waals surface area contributed by atoms with Gasteiger partial charge in [0, 0.05) is 6.42 Å². The Morgan fingerprint density at radius 3 is 2.48 bits per heavy atom. The molecule has 0 aliphatic heterocycles. The molecule has 0 saturated carbocycles. The third kappa shape index (κ3) is 3.40. The van der Waals surface area contributed by atoms with E-state index in [9.17, 15) is 4.79 Å². The zero-order valence-corrected chi connectivity index (χ0v) is 12.1. The Kier molecular flexibility index (Phi) is 3.87. The van der Waals surface area contributed by atoms with Crippen molar-refractivity contribution in [3.05, 3.63) is 71.8 Å². The van der Waals surface area contributed by atoms with E-state index in [1.165, 1.54) is 5.56 Å². The van der Waals surface area contributed by atoms with Crippen LogP contribution < -0.4 is 4.74 Å². The topological polar surface area (TPSA) is 26.3 Å². The van der Waals surface area contributed by atoms with E-state index in [-0.39, 0.29) is 11.7 Å². The molecule has 1 aliphatic carbocycles. The molecular weight excluding hydrogens is 260 g/mol. The summed E-state index contributed by atoms with van der Waals surface area (Å²) in [5, 5.41) is 0. The van der Waals surface area contributed by atoms with Crippen LogP contribution >= 0.6 is 0 Å². The van der Waals surface area contributed by atoms with Crippen molar-refractivity contribution in [2.75, 3.05) is 0 Å². The lowest BCUT2D eigenvalue weighted by molar-refractivity contribution is -0.115. The smallest absolute Gasteiger partial charge is 0.156 e. The Morgan fingerprint density at radius 1 is 0.952 bits per heavy atom. The monoisotopic (exact) mass is 278 g/mol. The Balaban J connectivity index is 1.80. The average molecular weight is 278 g/mol. The molecule has 0 fully saturated rings. The van der Waals surface area contributed by atoms with E-state index in [2.05, 4.69) is 6.07 Å². The van der Waals surface area contributed by atoms with Crippen molar-refractivity contribution in [2.24, 2.45) is 0 Å². The Labute approximate surface area is 125 Å². The third-order valence-corrected chi connectivity index (χ3v) is 3.73. The summed E-state index contributed by atoms with van der Waals surface area (Å²) in [6.45, 7) is 2.02. The Bertz CT molecular complexity index is 671. The minimum Gasteiger partial charge on any atom is -0.457 e. The van der Waals surface area contributed by atoms with Crippen LogP contribution in [0.5, 0.6) is 11.5 Å². The van der Waals surface area contributed by atoms with Crippen LogP contribution in [0.4, 0.5) is 0 Å². The molecule has 2 nitrogen and oxygen atoms in total. The molecule has 2 aromatic carbocycles. The number of carbonyl (C=O) groups excluding carboxylic acids is 1. The van der Waals surface area contributed by atoms with Gasteiger partial charge in [0.05, 0.1) is 0 Å². The first-order valence-electron chi connectivity index (χ1n) is 7.23. The van der Waals surface area contributed by atoms with Gasteiger partial charge in [-0.05, 0) is 55.2 Å². The van der Waals surface area contributed by atoms with Crippen molar-refractivity contribution >= 4 is 5.78 Å². The summed E-state index contributed by atoms with van der Waals surface area (Å²) in [5.41, 5.74) is 2.33. The molecule has 1 aliphatic rings. The zero-order valence-electron chi connectivity index (χ0n) is 12.1. The van der Waals surface area contributed by atoms with E-state index in [0.717, 1.165) is 23.5 Å². The summed E-state index contributed by atoms with van der Waals surface area (Å²) in [6, 6.07) is 17.8. The lowest BCUT2D eigenvalue weighted by Gasteiger charge is -2.21. The Hall–Kier alpha value is -2.35. The standard InChI is InChI=1S/C19H18O2/c1-14-10-16(12-17(20)11-14)15-6-5-9-19(13-15)21-18-7-3-2-4-8-18/h2-9,11,13,16H,10,12H2,1H3. The SMILES string of the molecule is CC1=CC(=O)CC(c2cccc(Oc3ccccc3)c2)C1. The van der Waals surface area contributed by atoms with Crippen molar-refractivity contribution in [2.45, 2.75) is 25.7 Å². The maximum absolute atomic E-state index is 11.7. The second kappa shape index (κ2) is 5.96. The third-order valence-electron chi connectivity index (χ3n) is 3.73. The largest absolute Gasteiger partial charge is 0.457 e. The Morgan fingerprint density at radius 2 is 1.71 bits per heavy atom. The fourth-order valence-corrected chi connectivity index (χ4v) is 2.79. The van der Waals surface area contributed by atoms with E-state index < -0.39 is 0 Å². The molecule has 0 heterocycles. The maximum Gasteiger partial charge on any atom is 0.156 e. The van der Waals surface area contributed by atoms with Crippen LogP contribution in [0.3, 0.4) is 0 Å². The van der Waals surface area contributed by atoms with Crippen LogP contribution in [0, 0.1) is 0 Å². The molecule has 0 N–H and O–H groups in total. The van der Waals surface area contributed by atoms with Crippen LogP contribution in [-0.4, -0.2) is 5.78 Å². The van der Waals surface area contributed by atoms with Gasteiger partial charge in [0.1, 0.15) is 11.5 Å². The summed E-state index contributed by atoms with van der Waals surface area (Å²) in [4.78, 5) is 11.7. The van der Waals surface area contributed by atoms with Gasteiger partial charge in [0.2, 0.25) is 0 Å². The lowest BCUT2D eigenvalue weighted by atomic mass is 9.84. The van der Waals surface area contributed by atoms with E-state index in [0.29, 0.717) is 6.42 Å². The summed E-state index contributed by atoms with van der Waals surface area (Å²) in [7, 11) is 0. The minimum atomic E-state index is 0.220. The van der Waals surface area contributed by atoms with Gasteiger partial charge in [-0.15, -0.1) is 0 Å². The number of hydrogen-bond acceptors (Lipinski definition) is 2. The second-order valence-electron chi connectivity index (χ2n) is 5.55. The van der Waals surface area contributed by atoms with E-state index in [1.807, 2.05) is 55.5 Å². The van der Waals surface area contributed by atoms with Gasteiger partial charge in [-0.2, -0.15) is 0 Å². The summed E-state index contributed by atoms with van der Waals surface area (Å²) >= 11 is 0.